The van der Waals surface area contributed by atoms with Crippen LogP contribution in [-0.4, -0.2) is 41.0 Å². The average molecular weight is 472 g/mol. The second-order valence-corrected chi connectivity index (χ2v) is 9.59. The number of hydrogen-bond acceptors (Lipinski definition) is 3. The van der Waals surface area contributed by atoms with Gasteiger partial charge in [-0.3, -0.25) is 9.69 Å². The van der Waals surface area contributed by atoms with Crippen molar-refractivity contribution in [3.8, 4) is 5.75 Å². The van der Waals surface area contributed by atoms with E-state index in [-0.39, 0.29) is 17.8 Å². The Morgan fingerprint density at radius 3 is 2.76 bits per heavy atom. The van der Waals surface area contributed by atoms with Crippen LogP contribution in [0.5, 0.6) is 5.75 Å². The fourth-order valence-corrected chi connectivity index (χ4v) is 5.11. The number of aromatic nitrogens is 1. The van der Waals surface area contributed by atoms with E-state index in [4.69, 9.17) is 10.5 Å². The first-order valence-electron chi connectivity index (χ1n) is 11.8. The maximum Gasteiger partial charge on any atom is 0.249 e. The number of nitrogens with two attached hydrogens (primary N) is 1. The molecule has 3 N–H and O–H groups in total. The van der Waals surface area contributed by atoms with Crippen molar-refractivity contribution >= 4 is 16.8 Å². The number of carbonyl (C=O) groups excluding carboxylic acids is 1. The molecule has 0 bridgehead atoms. The average Bonchev–Trinajstić information content (AvgIpc) is 3.53. The summed E-state index contributed by atoms with van der Waals surface area (Å²) in [5.74, 6) is -1.54. The zero-order valence-electron chi connectivity index (χ0n) is 19.0. The molecule has 1 saturated carbocycles. The third-order valence-corrected chi connectivity index (χ3v) is 7.16. The van der Waals surface area contributed by atoms with Gasteiger partial charge in [-0.25, -0.2) is 13.2 Å². The minimum absolute atomic E-state index is 0.0270. The van der Waals surface area contributed by atoms with Crippen LogP contribution in [0, 0.1) is 23.4 Å². The summed E-state index contributed by atoms with van der Waals surface area (Å²) in [5.41, 5.74) is 7.55. The lowest BCUT2D eigenvalue weighted by Crippen LogP contribution is -2.49. The fourth-order valence-electron chi connectivity index (χ4n) is 5.11. The molecule has 1 aliphatic heterocycles. The molecule has 1 aliphatic carbocycles. The lowest BCUT2D eigenvalue weighted by Gasteiger charge is -2.39. The van der Waals surface area contributed by atoms with Gasteiger partial charge in [0.05, 0.1) is 5.52 Å². The number of primary amides is 1. The molecule has 0 saturated heterocycles. The van der Waals surface area contributed by atoms with Crippen LogP contribution < -0.4 is 10.5 Å². The van der Waals surface area contributed by atoms with E-state index < -0.39 is 23.4 Å². The van der Waals surface area contributed by atoms with E-state index in [9.17, 15) is 18.0 Å². The highest BCUT2D eigenvalue weighted by Gasteiger charge is 2.35. The summed E-state index contributed by atoms with van der Waals surface area (Å²) in [6.45, 7) is 3.35. The molecule has 180 valence electrons. The maximum atomic E-state index is 14.3. The predicted octanol–water partition coefficient (Wildman–Crippen LogP) is 4.72. The van der Waals surface area contributed by atoms with E-state index in [1.54, 1.807) is 6.20 Å². The zero-order chi connectivity index (χ0) is 24.0. The first-order valence-corrected chi connectivity index (χ1v) is 11.8. The summed E-state index contributed by atoms with van der Waals surface area (Å²) in [6.07, 6.45) is 5.99. The second kappa shape index (κ2) is 8.98. The Kier molecular flexibility index (Phi) is 6.02. The molecule has 3 aromatic rings. The van der Waals surface area contributed by atoms with Crippen LogP contribution in [-0.2, 0) is 12.8 Å². The second-order valence-electron chi connectivity index (χ2n) is 9.59. The van der Waals surface area contributed by atoms with E-state index in [2.05, 4.69) is 16.8 Å². The number of hydrogen-bond donors (Lipinski definition) is 2. The van der Waals surface area contributed by atoms with Gasteiger partial charge in [0.1, 0.15) is 18.2 Å². The van der Waals surface area contributed by atoms with Crippen molar-refractivity contribution in [2.24, 2.45) is 11.7 Å². The number of aromatic amines is 1. The summed E-state index contributed by atoms with van der Waals surface area (Å²) in [7, 11) is 0. The molecule has 1 fully saturated rings. The molecule has 8 heteroatoms. The molecule has 34 heavy (non-hydrogen) atoms. The normalized spacial score (nSPS) is 18.7. The van der Waals surface area contributed by atoms with Gasteiger partial charge in [0.15, 0.2) is 11.6 Å². The number of aryl methyl sites for hydroxylation is 1. The maximum absolute atomic E-state index is 14.3. The number of ether oxygens (including phenoxy) is 1. The molecule has 2 atom stereocenters. The Labute approximate surface area is 196 Å². The standard InChI is InChI=1S/C26H28F3N3O2/c1-14(2-5-16-11-31-24-20(16)8-17(27)9-23(24)29)32(12-15-3-4-15)18-10-21-19(26(30)33)6-7-22(28)25(21)34-13-18/h6-9,11,14-15,18,31H,2-5,10,12-13H2,1H3,(H2,30,33)/t14-,18-/m1/s1. The van der Waals surface area contributed by atoms with E-state index >= 15 is 0 Å². The van der Waals surface area contributed by atoms with Gasteiger partial charge in [0, 0.05) is 47.4 Å². The number of halogens is 3. The molecule has 1 aromatic heterocycles. The molecular weight excluding hydrogens is 443 g/mol. The Hall–Kier alpha value is -3.00. The van der Waals surface area contributed by atoms with E-state index in [1.165, 1.54) is 31.0 Å². The largest absolute Gasteiger partial charge is 0.489 e. The first kappa shape index (κ1) is 22.8. The third kappa shape index (κ3) is 4.39. The Morgan fingerprint density at radius 2 is 2.03 bits per heavy atom. The van der Waals surface area contributed by atoms with Gasteiger partial charge in [-0.1, -0.05) is 0 Å². The highest BCUT2D eigenvalue weighted by atomic mass is 19.1. The number of rotatable bonds is 8. The van der Waals surface area contributed by atoms with E-state index in [0.29, 0.717) is 47.4 Å². The number of benzene rings is 2. The van der Waals surface area contributed by atoms with Crippen LogP contribution in [0.25, 0.3) is 10.9 Å². The molecule has 2 aromatic carbocycles. The topological polar surface area (TPSA) is 71.3 Å². The lowest BCUT2D eigenvalue weighted by molar-refractivity contribution is 0.0752. The van der Waals surface area contributed by atoms with Crippen molar-refractivity contribution in [1.29, 1.82) is 0 Å². The van der Waals surface area contributed by atoms with Crippen molar-refractivity contribution in [2.75, 3.05) is 13.2 Å². The van der Waals surface area contributed by atoms with Gasteiger partial charge in [0.2, 0.25) is 5.91 Å². The summed E-state index contributed by atoms with van der Waals surface area (Å²) < 4.78 is 48.0. The summed E-state index contributed by atoms with van der Waals surface area (Å²) >= 11 is 0. The van der Waals surface area contributed by atoms with Gasteiger partial charge in [-0.15, -0.1) is 0 Å². The van der Waals surface area contributed by atoms with Gasteiger partial charge in [-0.2, -0.15) is 0 Å². The highest BCUT2D eigenvalue weighted by Crippen LogP contribution is 2.36. The van der Waals surface area contributed by atoms with Gasteiger partial charge >= 0.3 is 0 Å². The number of H-pyrrole nitrogens is 1. The molecule has 5 nitrogen and oxygen atoms in total. The van der Waals surface area contributed by atoms with E-state index in [0.717, 1.165) is 24.6 Å². The zero-order valence-corrected chi connectivity index (χ0v) is 19.0. The van der Waals surface area contributed by atoms with Gasteiger partial charge in [-0.05, 0) is 68.7 Å². The SMILES string of the molecule is C[C@H](CCc1c[nH]c2c(F)cc(F)cc12)N(CC1CC1)[C@H]1COc2c(F)ccc(C(N)=O)c2C1. The van der Waals surface area contributed by atoms with Crippen LogP contribution in [0.15, 0.2) is 30.5 Å². The lowest BCUT2D eigenvalue weighted by atomic mass is 9.94. The highest BCUT2D eigenvalue weighted by molar-refractivity contribution is 5.95. The Bertz CT molecular complexity index is 1240. The number of amides is 1. The van der Waals surface area contributed by atoms with Crippen molar-refractivity contribution in [2.45, 2.75) is 51.1 Å². The fraction of sp³-hybridized carbons (Fsp3) is 0.423. The molecule has 5 rings (SSSR count). The third-order valence-electron chi connectivity index (χ3n) is 7.16. The monoisotopic (exact) mass is 471 g/mol. The number of carbonyl (C=O) groups is 1. The van der Waals surface area contributed by atoms with Crippen molar-refractivity contribution < 1.29 is 22.7 Å². The van der Waals surface area contributed by atoms with Gasteiger partial charge in [0.25, 0.3) is 0 Å². The smallest absolute Gasteiger partial charge is 0.249 e. The number of nitrogens with one attached hydrogen (secondary N) is 1. The molecule has 0 radical (unpaired) electrons. The van der Waals surface area contributed by atoms with Crippen LogP contribution in [0.2, 0.25) is 0 Å². The minimum atomic E-state index is -0.597. The van der Waals surface area contributed by atoms with E-state index in [1.807, 2.05) is 0 Å². The summed E-state index contributed by atoms with van der Waals surface area (Å²) in [5, 5.41) is 0.565. The minimum Gasteiger partial charge on any atom is -0.489 e. The molecule has 2 heterocycles. The molecule has 2 aliphatic rings. The molecular formula is C26H28F3N3O2. The van der Waals surface area contributed by atoms with Crippen LogP contribution >= 0.6 is 0 Å². The van der Waals surface area contributed by atoms with Gasteiger partial charge < -0.3 is 15.5 Å². The Balaban J connectivity index is 1.35. The molecule has 0 spiro atoms. The first-order chi connectivity index (χ1) is 16.3. The van der Waals surface area contributed by atoms with Crippen LogP contribution in [0.4, 0.5) is 13.2 Å². The molecule has 0 unspecified atom stereocenters. The number of nitrogens with zero attached hydrogens (tertiary/aromatic N) is 1. The Morgan fingerprint density at radius 1 is 1.24 bits per heavy atom. The van der Waals surface area contributed by atoms with Crippen molar-refractivity contribution in [3.05, 3.63) is 64.6 Å². The number of fused-ring (bicyclic) bond motifs is 2. The quantitative estimate of drug-likeness (QED) is 0.499. The van der Waals surface area contributed by atoms with Crippen molar-refractivity contribution in [1.82, 2.24) is 9.88 Å². The predicted molar refractivity (Wildman–Crippen MR) is 123 cm³/mol. The summed E-state index contributed by atoms with van der Waals surface area (Å²) in [4.78, 5) is 17.2. The molecule has 1 amide bonds. The van der Waals surface area contributed by atoms with Crippen LogP contribution in [0.1, 0.15) is 47.7 Å². The van der Waals surface area contributed by atoms with Crippen molar-refractivity contribution in [3.63, 3.8) is 0 Å². The summed E-state index contributed by atoms with van der Waals surface area (Å²) in [6, 6.07) is 5.00. The van der Waals surface area contributed by atoms with Crippen LogP contribution in [0.3, 0.4) is 0 Å².